The van der Waals surface area contributed by atoms with Crippen LogP contribution in [0.15, 0.2) is 0 Å². The SMILES string of the molecule is CC(C)CC(C)OC(=O)C1CCC2OC2C1. The summed E-state index contributed by atoms with van der Waals surface area (Å²) in [6.45, 7) is 6.28. The minimum atomic E-state index is -0.0119. The number of hydrogen-bond acceptors (Lipinski definition) is 3. The molecule has 4 atom stereocenters. The van der Waals surface area contributed by atoms with Crippen molar-refractivity contribution < 1.29 is 14.3 Å². The van der Waals surface area contributed by atoms with Gasteiger partial charge in [0.1, 0.15) is 0 Å². The predicted octanol–water partition coefficient (Wildman–Crippen LogP) is 2.53. The molecule has 2 rings (SSSR count). The lowest BCUT2D eigenvalue weighted by Crippen LogP contribution is -2.27. The van der Waals surface area contributed by atoms with E-state index < -0.39 is 0 Å². The normalized spacial score (nSPS) is 34.4. The van der Waals surface area contributed by atoms with E-state index in [0.717, 1.165) is 25.7 Å². The Hall–Kier alpha value is -0.570. The van der Waals surface area contributed by atoms with E-state index in [9.17, 15) is 4.79 Å². The second-order valence-electron chi connectivity index (χ2n) is 5.60. The predicted molar refractivity (Wildman–Crippen MR) is 61.0 cm³/mol. The molecule has 2 fully saturated rings. The second-order valence-corrected chi connectivity index (χ2v) is 5.60. The van der Waals surface area contributed by atoms with Crippen LogP contribution in [0, 0.1) is 11.8 Å². The van der Waals surface area contributed by atoms with Crippen molar-refractivity contribution in [3.8, 4) is 0 Å². The number of epoxide rings is 1. The zero-order valence-corrected chi connectivity index (χ0v) is 10.4. The molecule has 1 saturated carbocycles. The van der Waals surface area contributed by atoms with Crippen LogP contribution >= 0.6 is 0 Å². The molecule has 92 valence electrons. The molecule has 0 N–H and O–H groups in total. The Morgan fingerprint density at radius 2 is 2.06 bits per heavy atom. The summed E-state index contributed by atoms with van der Waals surface area (Å²) in [4.78, 5) is 11.9. The molecular formula is C13H22O3. The van der Waals surface area contributed by atoms with Crippen molar-refractivity contribution in [1.29, 1.82) is 0 Å². The maximum atomic E-state index is 11.9. The van der Waals surface area contributed by atoms with Gasteiger partial charge < -0.3 is 9.47 Å². The molecular weight excluding hydrogens is 204 g/mol. The van der Waals surface area contributed by atoms with Crippen molar-refractivity contribution in [3.63, 3.8) is 0 Å². The molecule has 1 aliphatic heterocycles. The highest BCUT2D eigenvalue weighted by molar-refractivity contribution is 5.72. The van der Waals surface area contributed by atoms with Gasteiger partial charge in [0.25, 0.3) is 0 Å². The fraction of sp³-hybridized carbons (Fsp3) is 0.923. The molecule has 3 heteroatoms. The smallest absolute Gasteiger partial charge is 0.309 e. The van der Waals surface area contributed by atoms with E-state index in [1.165, 1.54) is 0 Å². The van der Waals surface area contributed by atoms with Gasteiger partial charge in [-0.2, -0.15) is 0 Å². The van der Waals surface area contributed by atoms with Gasteiger partial charge in [0.2, 0.25) is 0 Å². The van der Waals surface area contributed by atoms with Gasteiger partial charge in [0, 0.05) is 0 Å². The Balaban J connectivity index is 1.74. The highest BCUT2D eigenvalue weighted by Crippen LogP contribution is 2.39. The maximum Gasteiger partial charge on any atom is 0.309 e. The van der Waals surface area contributed by atoms with Crippen molar-refractivity contribution in [2.75, 3.05) is 0 Å². The molecule has 0 bridgehead atoms. The van der Waals surface area contributed by atoms with Crippen LogP contribution in [0.1, 0.15) is 46.5 Å². The van der Waals surface area contributed by atoms with Crippen molar-refractivity contribution in [2.45, 2.75) is 64.8 Å². The summed E-state index contributed by atoms with van der Waals surface area (Å²) >= 11 is 0. The molecule has 0 radical (unpaired) electrons. The highest BCUT2D eigenvalue weighted by Gasteiger charge is 2.46. The van der Waals surface area contributed by atoms with Gasteiger partial charge in [0.05, 0.1) is 24.2 Å². The van der Waals surface area contributed by atoms with Gasteiger partial charge in [-0.1, -0.05) is 13.8 Å². The molecule has 1 saturated heterocycles. The Kier molecular flexibility index (Phi) is 3.53. The lowest BCUT2D eigenvalue weighted by molar-refractivity contribution is -0.154. The maximum absolute atomic E-state index is 11.9. The number of esters is 1. The second kappa shape index (κ2) is 4.74. The van der Waals surface area contributed by atoms with E-state index >= 15 is 0 Å². The Morgan fingerprint density at radius 1 is 1.31 bits per heavy atom. The first-order chi connectivity index (χ1) is 7.56. The van der Waals surface area contributed by atoms with E-state index in [1.54, 1.807) is 0 Å². The largest absolute Gasteiger partial charge is 0.462 e. The molecule has 0 aromatic heterocycles. The monoisotopic (exact) mass is 226 g/mol. The molecule has 0 aromatic rings. The Bertz CT molecular complexity index is 262. The average molecular weight is 226 g/mol. The number of carbonyl (C=O) groups excluding carboxylic acids is 1. The van der Waals surface area contributed by atoms with Gasteiger partial charge in [0.15, 0.2) is 0 Å². The zero-order chi connectivity index (χ0) is 11.7. The number of ether oxygens (including phenoxy) is 2. The number of fused-ring (bicyclic) bond motifs is 1. The lowest BCUT2D eigenvalue weighted by Gasteiger charge is -2.21. The van der Waals surface area contributed by atoms with Crippen molar-refractivity contribution >= 4 is 5.97 Å². The Morgan fingerprint density at radius 3 is 2.69 bits per heavy atom. The van der Waals surface area contributed by atoms with Crippen LogP contribution in [0.25, 0.3) is 0 Å². The van der Waals surface area contributed by atoms with Crippen molar-refractivity contribution in [2.24, 2.45) is 11.8 Å². The minimum absolute atomic E-state index is 0.0119. The van der Waals surface area contributed by atoms with Gasteiger partial charge in [-0.3, -0.25) is 4.79 Å². The van der Waals surface area contributed by atoms with Gasteiger partial charge >= 0.3 is 5.97 Å². The molecule has 4 unspecified atom stereocenters. The van der Waals surface area contributed by atoms with Gasteiger partial charge in [-0.25, -0.2) is 0 Å². The van der Waals surface area contributed by atoms with Crippen molar-refractivity contribution in [1.82, 2.24) is 0 Å². The lowest BCUT2D eigenvalue weighted by atomic mass is 9.89. The molecule has 0 aromatic carbocycles. The number of hydrogen-bond donors (Lipinski definition) is 0. The van der Waals surface area contributed by atoms with Crippen LogP contribution in [0.4, 0.5) is 0 Å². The topological polar surface area (TPSA) is 38.8 Å². The van der Waals surface area contributed by atoms with E-state index in [2.05, 4.69) is 13.8 Å². The third-order valence-electron chi connectivity index (χ3n) is 3.46. The minimum Gasteiger partial charge on any atom is -0.462 e. The average Bonchev–Trinajstić information content (AvgIpc) is 2.93. The van der Waals surface area contributed by atoms with E-state index in [1.807, 2.05) is 6.92 Å². The summed E-state index contributed by atoms with van der Waals surface area (Å²) in [5.41, 5.74) is 0. The molecule has 0 spiro atoms. The standard InChI is InChI=1S/C13H22O3/c1-8(2)6-9(3)15-13(14)10-4-5-11-12(7-10)16-11/h8-12H,4-7H2,1-3H3. The first-order valence-corrected chi connectivity index (χ1v) is 6.42. The fourth-order valence-corrected chi connectivity index (χ4v) is 2.62. The fourth-order valence-electron chi connectivity index (χ4n) is 2.62. The van der Waals surface area contributed by atoms with Crippen LogP contribution in [-0.2, 0) is 14.3 Å². The molecule has 3 nitrogen and oxygen atoms in total. The third kappa shape index (κ3) is 2.97. The van der Waals surface area contributed by atoms with Gasteiger partial charge in [-0.05, 0) is 38.5 Å². The van der Waals surface area contributed by atoms with E-state index in [-0.39, 0.29) is 18.0 Å². The summed E-state index contributed by atoms with van der Waals surface area (Å²) in [5.74, 6) is 0.644. The molecule has 16 heavy (non-hydrogen) atoms. The Labute approximate surface area is 97.5 Å². The summed E-state index contributed by atoms with van der Waals surface area (Å²) < 4.78 is 10.9. The highest BCUT2D eigenvalue weighted by atomic mass is 16.6. The first kappa shape index (κ1) is 11.9. The van der Waals surface area contributed by atoms with Crippen LogP contribution in [0.5, 0.6) is 0 Å². The molecule has 2 aliphatic rings. The molecule has 1 heterocycles. The van der Waals surface area contributed by atoms with Crippen LogP contribution in [0.3, 0.4) is 0 Å². The quantitative estimate of drug-likeness (QED) is 0.546. The van der Waals surface area contributed by atoms with Crippen LogP contribution in [0.2, 0.25) is 0 Å². The summed E-state index contributed by atoms with van der Waals surface area (Å²) in [7, 11) is 0. The number of rotatable bonds is 4. The van der Waals surface area contributed by atoms with Crippen LogP contribution in [-0.4, -0.2) is 24.3 Å². The summed E-state index contributed by atoms with van der Waals surface area (Å²) in [6, 6.07) is 0. The zero-order valence-electron chi connectivity index (χ0n) is 10.4. The molecule has 0 amide bonds. The van der Waals surface area contributed by atoms with Gasteiger partial charge in [-0.15, -0.1) is 0 Å². The number of carbonyl (C=O) groups is 1. The third-order valence-corrected chi connectivity index (χ3v) is 3.46. The van der Waals surface area contributed by atoms with Crippen LogP contribution < -0.4 is 0 Å². The van der Waals surface area contributed by atoms with Crippen molar-refractivity contribution in [3.05, 3.63) is 0 Å². The molecule has 1 aliphatic carbocycles. The first-order valence-electron chi connectivity index (χ1n) is 6.42. The summed E-state index contributed by atoms with van der Waals surface area (Å²) in [6.07, 6.45) is 4.64. The van der Waals surface area contributed by atoms with E-state index in [4.69, 9.17) is 9.47 Å². The van der Waals surface area contributed by atoms with E-state index in [0.29, 0.717) is 18.1 Å². The summed E-state index contributed by atoms with van der Waals surface area (Å²) in [5, 5.41) is 0.